The lowest BCUT2D eigenvalue weighted by atomic mass is 10.1. The first-order valence-electron chi connectivity index (χ1n) is 7.49. The van der Waals surface area contributed by atoms with Crippen molar-refractivity contribution >= 4 is 15.7 Å². The van der Waals surface area contributed by atoms with Gasteiger partial charge in [0, 0.05) is 11.6 Å². The van der Waals surface area contributed by atoms with Crippen molar-refractivity contribution in [3.63, 3.8) is 0 Å². The van der Waals surface area contributed by atoms with Crippen LogP contribution in [0.1, 0.15) is 11.5 Å². The molecule has 0 amide bonds. The number of aryl methyl sites for hydroxylation is 1. The molecule has 0 bridgehead atoms. The summed E-state index contributed by atoms with van der Waals surface area (Å²) < 4.78 is 32.0. The van der Waals surface area contributed by atoms with E-state index in [0.29, 0.717) is 5.82 Å². The summed E-state index contributed by atoms with van der Waals surface area (Å²) in [5.74, 6) is 0.372. The molecule has 0 spiro atoms. The predicted octanol–water partition coefficient (Wildman–Crippen LogP) is 2.43. The van der Waals surface area contributed by atoms with E-state index in [0.717, 1.165) is 23.3 Å². The fourth-order valence-corrected chi connectivity index (χ4v) is 3.44. The van der Waals surface area contributed by atoms with Crippen molar-refractivity contribution in [1.29, 1.82) is 0 Å². The Labute approximate surface area is 148 Å². The van der Waals surface area contributed by atoms with Crippen molar-refractivity contribution in [2.24, 2.45) is 0 Å². The van der Waals surface area contributed by atoms with E-state index >= 15 is 0 Å². The van der Waals surface area contributed by atoms with Gasteiger partial charge in [-0.3, -0.25) is 10.1 Å². The number of aromatic nitrogens is 2. The summed E-state index contributed by atoms with van der Waals surface area (Å²) >= 11 is 0. The molecule has 2 aromatic carbocycles. The van der Waals surface area contributed by atoms with Crippen LogP contribution in [-0.2, 0) is 16.6 Å². The fraction of sp³-hybridized carbons (Fsp3) is 0.125. The number of rotatable bonds is 6. The molecule has 9 nitrogen and oxygen atoms in total. The van der Waals surface area contributed by atoms with Crippen molar-refractivity contribution in [1.82, 2.24) is 14.9 Å². The molecule has 0 unspecified atom stereocenters. The number of nitrogens with zero attached hydrogens (tertiary/aromatic N) is 3. The molecule has 3 rings (SSSR count). The van der Waals surface area contributed by atoms with Gasteiger partial charge in [0.05, 0.1) is 11.5 Å². The Hall–Kier alpha value is -3.11. The number of nitro groups is 1. The molecule has 0 aliphatic rings. The fourth-order valence-electron chi connectivity index (χ4n) is 2.30. The normalized spacial score (nSPS) is 11.4. The van der Waals surface area contributed by atoms with Gasteiger partial charge in [-0.2, -0.15) is 4.98 Å². The summed E-state index contributed by atoms with van der Waals surface area (Å²) in [6.07, 6.45) is 0. The molecule has 0 radical (unpaired) electrons. The standard InChI is InChI=1S/C16H14N4O5S/c1-11-5-4-6-12(9-11)16-18-15(25-19-16)10-17-26(23,24)14-8-3-2-7-13(14)20(21)22/h2-9,17H,10H2,1H3. The molecule has 0 aliphatic heterocycles. The maximum absolute atomic E-state index is 12.3. The van der Waals surface area contributed by atoms with Crippen LogP contribution in [0.4, 0.5) is 5.69 Å². The number of nitrogens with one attached hydrogen (secondary N) is 1. The first-order valence-corrected chi connectivity index (χ1v) is 8.98. The van der Waals surface area contributed by atoms with E-state index in [4.69, 9.17) is 4.52 Å². The highest BCUT2D eigenvalue weighted by Gasteiger charge is 2.25. The lowest BCUT2D eigenvalue weighted by Crippen LogP contribution is -2.24. The van der Waals surface area contributed by atoms with E-state index in [1.165, 1.54) is 12.1 Å². The topological polar surface area (TPSA) is 128 Å². The number of sulfonamides is 1. The Morgan fingerprint density at radius 2 is 1.96 bits per heavy atom. The SMILES string of the molecule is Cc1cccc(-c2noc(CNS(=O)(=O)c3ccccc3[N+](=O)[O-])n2)c1. The predicted molar refractivity (Wildman–Crippen MR) is 91.6 cm³/mol. The Bertz CT molecular complexity index is 1060. The van der Waals surface area contributed by atoms with Crippen LogP contribution in [0, 0.1) is 17.0 Å². The van der Waals surface area contributed by atoms with E-state index in [-0.39, 0.29) is 12.4 Å². The molecule has 134 valence electrons. The maximum atomic E-state index is 12.3. The first kappa shape index (κ1) is 17.7. The highest BCUT2D eigenvalue weighted by Crippen LogP contribution is 2.23. The van der Waals surface area contributed by atoms with E-state index < -0.39 is 25.5 Å². The summed E-state index contributed by atoms with van der Waals surface area (Å²) in [6, 6.07) is 12.5. The highest BCUT2D eigenvalue weighted by atomic mass is 32.2. The van der Waals surface area contributed by atoms with E-state index in [1.807, 2.05) is 25.1 Å². The van der Waals surface area contributed by atoms with Crippen LogP contribution in [-0.4, -0.2) is 23.5 Å². The third-order valence-corrected chi connectivity index (χ3v) is 4.96. The molecule has 26 heavy (non-hydrogen) atoms. The van der Waals surface area contributed by atoms with Crippen LogP contribution < -0.4 is 4.72 Å². The quantitative estimate of drug-likeness (QED) is 0.518. The average Bonchev–Trinajstić information content (AvgIpc) is 3.09. The van der Waals surface area contributed by atoms with Gasteiger partial charge in [-0.1, -0.05) is 41.1 Å². The number of hydrogen-bond acceptors (Lipinski definition) is 7. The Morgan fingerprint density at radius 1 is 1.19 bits per heavy atom. The van der Waals surface area contributed by atoms with Gasteiger partial charge in [0.25, 0.3) is 5.69 Å². The summed E-state index contributed by atoms with van der Waals surface area (Å²) in [4.78, 5) is 14.0. The average molecular weight is 374 g/mol. The van der Waals surface area contributed by atoms with E-state index in [1.54, 1.807) is 6.07 Å². The molecule has 1 aromatic heterocycles. The summed E-state index contributed by atoms with van der Waals surface area (Å²) in [5.41, 5.74) is 1.25. The van der Waals surface area contributed by atoms with Gasteiger partial charge >= 0.3 is 0 Å². The maximum Gasteiger partial charge on any atom is 0.289 e. The third kappa shape index (κ3) is 3.76. The Kier molecular flexibility index (Phi) is 4.78. The summed E-state index contributed by atoms with van der Waals surface area (Å²) in [6.45, 7) is 1.64. The monoisotopic (exact) mass is 374 g/mol. The number of para-hydroxylation sites is 1. The van der Waals surface area contributed by atoms with E-state index in [9.17, 15) is 18.5 Å². The van der Waals surface area contributed by atoms with Crippen LogP contribution in [0.3, 0.4) is 0 Å². The van der Waals surface area contributed by atoms with Crippen LogP contribution in [0.25, 0.3) is 11.4 Å². The van der Waals surface area contributed by atoms with Gasteiger partial charge in [0.2, 0.25) is 21.7 Å². The lowest BCUT2D eigenvalue weighted by Gasteiger charge is -2.05. The molecule has 0 aliphatic carbocycles. The molecule has 3 aromatic rings. The second-order valence-electron chi connectivity index (χ2n) is 5.43. The molecule has 10 heteroatoms. The van der Waals surface area contributed by atoms with E-state index in [2.05, 4.69) is 14.9 Å². The van der Waals surface area contributed by atoms with Crippen LogP contribution in [0.5, 0.6) is 0 Å². The Morgan fingerprint density at radius 3 is 2.69 bits per heavy atom. The molecule has 0 atom stereocenters. The highest BCUT2D eigenvalue weighted by molar-refractivity contribution is 7.89. The molecular weight excluding hydrogens is 360 g/mol. The molecule has 0 saturated carbocycles. The van der Waals surface area contributed by atoms with Crippen molar-refractivity contribution in [2.45, 2.75) is 18.4 Å². The minimum absolute atomic E-state index is 0.0451. The zero-order chi connectivity index (χ0) is 18.7. The third-order valence-electron chi connectivity index (χ3n) is 3.51. The zero-order valence-electron chi connectivity index (χ0n) is 13.6. The molecule has 1 N–H and O–H groups in total. The molecule has 0 fully saturated rings. The summed E-state index contributed by atoms with van der Waals surface area (Å²) in [7, 11) is -4.12. The zero-order valence-corrected chi connectivity index (χ0v) is 14.4. The van der Waals surface area contributed by atoms with Gasteiger partial charge in [-0.15, -0.1) is 0 Å². The lowest BCUT2D eigenvalue weighted by molar-refractivity contribution is -0.387. The summed E-state index contributed by atoms with van der Waals surface area (Å²) in [5, 5.41) is 14.8. The van der Waals surface area contributed by atoms with Gasteiger partial charge < -0.3 is 4.52 Å². The van der Waals surface area contributed by atoms with Crippen LogP contribution >= 0.6 is 0 Å². The minimum atomic E-state index is -4.12. The van der Waals surface area contributed by atoms with Gasteiger partial charge in [-0.25, -0.2) is 13.1 Å². The smallest absolute Gasteiger partial charge is 0.289 e. The van der Waals surface area contributed by atoms with Crippen molar-refractivity contribution in [2.75, 3.05) is 0 Å². The van der Waals surface area contributed by atoms with Crippen molar-refractivity contribution in [3.8, 4) is 11.4 Å². The first-order chi connectivity index (χ1) is 12.4. The second-order valence-corrected chi connectivity index (χ2v) is 7.17. The number of nitro benzene ring substituents is 1. The largest absolute Gasteiger partial charge is 0.338 e. The van der Waals surface area contributed by atoms with Crippen molar-refractivity contribution < 1.29 is 17.9 Å². The van der Waals surface area contributed by atoms with Gasteiger partial charge in [0.15, 0.2) is 4.90 Å². The Balaban J connectivity index is 1.78. The van der Waals surface area contributed by atoms with Gasteiger partial charge in [0.1, 0.15) is 0 Å². The van der Waals surface area contributed by atoms with Crippen molar-refractivity contribution in [3.05, 3.63) is 70.1 Å². The number of benzene rings is 2. The number of hydrogen-bond donors (Lipinski definition) is 1. The molecule has 0 saturated heterocycles. The van der Waals surface area contributed by atoms with Crippen LogP contribution in [0.15, 0.2) is 57.9 Å². The van der Waals surface area contributed by atoms with Gasteiger partial charge in [-0.05, 0) is 19.1 Å². The van der Waals surface area contributed by atoms with Crippen LogP contribution in [0.2, 0.25) is 0 Å². The molecule has 1 heterocycles. The second kappa shape index (κ2) is 7.02. The minimum Gasteiger partial charge on any atom is -0.338 e. The molecular formula is C16H14N4O5S.